The SMILES string of the molecule is C[C@H]1CCC([C@H](C)C2CCC3C4CC=C5CC(O)CCC5(C)C4CCC32C)=NC1. The minimum absolute atomic E-state index is 0.0876. The molecule has 0 bridgehead atoms. The lowest BCUT2D eigenvalue weighted by Crippen LogP contribution is -2.51. The minimum Gasteiger partial charge on any atom is -0.393 e. The topological polar surface area (TPSA) is 32.6 Å². The summed E-state index contributed by atoms with van der Waals surface area (Å²) in [4.78, 5) is 5.06. The van der Waals surface area contributed by atoms with Crippen LogP contribution in [0.1, 0.15) is 91.9 Å². The smallest absolute Gasteiger partial charge is 0.0577 e. The number of aliphatic hydroxyl groups excluding tert-OH is 1. The summed E-state index contributed by atoms with van der Waals surface area (Å²) in [6.07, 6.45) is 15.2. The predicted octanol–water partition coefficient (Wildman–Crippen LogP) is 6.43. The van der Waals surface area contributed by atoms with Crippen molar-refractivity contribution in [2.75, 3.05) is 6.54 Å². The molecule has 0 amide bonds. The monoisotopic (exact) mass is 397 g/mol. The highest BCUT2D eigenvalue weighted by atomic mass is 16.3. The summed E-state index contributed by atoms with van der Waals surface area (Å²) in [5, 5.41) is 10.2. The van der Waals surface area contributed by atoms with Crippen LogP contribution >= 0.6 is 0 Å². The van der Waals surface area contributed by atoms with Gasteiger partial charge in [0.15, 0.2) is 0 Å². The number of nitrogens with zero attached hydrogens (tertiary/aromatic N) is 1. The van der Waals surface area contributed by atoms with Gasteiger partial charge in [0.05, 0.1) is 6.10 Å². The molecule has 1 N–H and O–H groups in total. The first-order valence-corrected chi connectivity index (χ1v) is 12.7. The molecule has 7 unspecified atom stereocenters. The second-order valence-corrected chi connectivity index (χ2v) is 12.1. The Labute approximate surface area is 178 Å². The molecule has 0 radical (unpaired) electrons. The van der Waals surface area contributed by atoms with Gasteiger partial charge in [0.1, 0.15) is 0 Å². The maximum atomic E-state index is 10.2. The molecule has 3 fully saturated rings. The van der Waals surface area contributed by atoms with Crippen molar-refractivity contribution in [3.63, 3.8) is 0 Å². The molecule has 5 aliphatic rings. The number of fused-ring (bicyclic) bond motifs is 5. The van der Waals surface area contributed by atoms with Crippen LogP contribution in [0.2, 0.25) is 0 Å². The zero-order valence-corrected chi connectivity index (χ0v) is 19.3. The van der Waals surface area contributed by atoms with Crippen molar-refractivity contribution in [3.05, 3.63) is 11.6 Å². The molecular formula is C27H43NO. The highest BCUT2D eigenvalue weighted by Crippen LogP contribution is 2.67. The summed E-state index contributed by atoms with van der Waals surface area (Å²) < 4.78 is 0. The van der Waals surface area contributed by atoms with Crippen LogP contribution in [0.5, 0.6) is 0 Å². The van der Waals surface area contributed by atoms with Crippen LogP contribution in [0.25, 0.3) is 0 Å². The average molecular weight is 398 g/mol. The van der Waals surface area contributed by atoms with Crippen molar-refractivity contribution in [2.24, 2.45) is 51.3 Å². The Bertz CT molecular complexity index is 709. The predicted molar refractivity (Wildman–Crippen MR) is 121 cm³/mol. The highest BCUT2D eigenvalue weighted by Gasteiger charge is 2.59. The van der Waals surface area contributed by atoms with Crippen LogP contribution < -0.4 is 0 Å². The molecule has 29 heavy (non-hydrogen) atoms. The van der Waals surface area contributed by atoms with Gasteiger partial charge in [0, 0.05) is 12.3 Å². The van der Waals surface area contributed by atoms with Gasteiger partial charge >= 0.3 is 0 Å². The first-order chi connectivity index (χ1) is 13.8. The van der Waals surface area contributed by atoms with Crippen molar-refractivity contribution in [3.8, 4) is 0 Å². The third-order valence-corrected chi connectivity index (χ3v) is 10.8. The molecular weight excluding hydrogens is 354 g/mol. The van der Waals surface area contributed by atoms with Crippen molar-refractivity contribution in [1.29, 1.82) is 0 Å². The van der Waals surface area contributed by atoms with E-state index in [1.54, 1.807) is 11.3 Å². The van der Waals surface area contributed by atoms with Gasteiger partial charge in [-0.05, 0) is 111 Å². The van der Waals surface area contributed by atoms with Gasteiger partial charge in [-0.25, -0.2) is 0 Å². The second kappa shape index (κ2) is 7.21. The Morgan fingerprint density at radius 1 is 1.07 bits per heavy atom. The molecule has 3 saturated carbocycles. The molecule has 0 spiro atoms. The molecule has 2 heteroatoms. The van der Waals surface area contributed by atoms with Gasteiger partial charge in [-0.1, -0.05) is 39.3 Å². The molecule has 1 heterocycles. The highest BCUT2D eigenvalue weighted by molar-refractivity contribution is 5.87. The van der Waals surface area contributed by atoms with E-state index in [0.29, 0.717) is 16.7 Å². The fourth-order valence-electron chi connectivity index (χ4n) is 8.95. The van der Waals surface area contributed by atoms with E-state index in [9.17, 15) is 5.11 Å². The standard InChI is InChI=1S/C27H43NO/c1-17-5-10-25(28-16-17)18(2)22-8-9-23-21-7-6-19-15-20(29)11-13-26(19,3)24(21)12-14-27(22,23)4/h6,17-18,20-24,29H,5,7-16H2,1-4H3/t17-,18+,20?,21?,22?,23?,24?,26?,27?/m0/s1. The van der Waals surface area contributed by atoms with Crippen LogP contribution in [-0.2, 0) is 0 Å². The lowest BCUT2D eigenvalue weighted by molar-refractivity contribution is -0.0532. The molecule has 9 atom stereocenters. The van der Waals surface area contributed by atoms with E-state index >= 15 is 0 Å². The van der Waals surface area contributed by atoms with Gasteiger partial charge in [0.2, 0.25) is 0 Å². The van der Waals surface area contributed by atoms with Crippen molar-refractivity contribution >= 4 is 5.71 Å². The lowest BCUT2D eigenvalue weighted by atomic mass is 9.47. The Kier molecular flexibility index (Phi) is 5.04. The summed E-state index contributed by atoms with van der Waals surface area (Å²) in [6.45, 7) is 11.2. The van der Waals surface area contributed by atoms with E-state index in [-0.39, 0.29) is 6.10 Å². The number of hydrogen-bond donors (Lipinski definition) is 1. The van der Waals surface area contributed by atoms with E-state index in [1.807, 2.05) is 0 Å². The molecule has 162 valence electrons. The van der Waals surface area contributed by atoms with Crippen LogP contribution in [0.4, 0.5) is 0 Å². The van der Waals surface area contributed by atoms with E-state index in [0.717, 1.165) is 49.0 Å². The summed E-state index contributed by atoms with van der Waals surface area (Å²) in [6, 6.07) is 0. The number of aliphatic hydroxyl groups is 1. The molecule has 0 aromatic rings. The Balaban J connectivity index is 1.38. The Morgan fingerprint density at radius 2 is 1.90 bits per heavy atom. The van der Waals surface area contributed by atoms with Crippen molar-refractivity contribution in [1.82, 2.24) is 0 Å². The number of hydrogen-bond acceptors (Lipinski definition) is 2. The molecule has 1 aliphatic heterocycles. The maximum Gasteiger partial charge on any atom is 0.0577 e. The second-order valence-electron chi connectivity index (χ2n) is 12.1. The van der Waals surface area contributed by atoms with Gasteiger partial charge in [-0.3, -0.25) is 4.99 Å². The quantitative estimate of drug-likeness (QED) is 0.535. The third kappa shape index (κ3) is 3.10. The molecule has 0 saturated heterocycles. The maximum absolute atomic E-state index is 10.2. The van der Waals surface area contributed by atoms with E-state index < -0.39 is 0 Å². The lowest BCUT2D eigenvalue weighted by Gasteiger charge is -2.58. The van der Waals surface area contributed by atoms with E-state index in [1.165, 1.54) is 51.4 Å². The molecule has 2 nitrogen and oxygen atoms in total. The van der Waals surface area contributed by atoms with Gasteiger partial charge in [-0.2, -0.15) is 0 Å². The average Bonchev–Trinajstić information content (AvgIpc) is 3.06. The zero-order valence-electron chi connectivity index (χ0n) is 19.3. The summed E-state index contributed by atoms with van der Waals surface area (Å²) >= 11 is 0. The number of aliphatic imine (C=N–C) groups is 1. The van der Waals surface area contributed by atoms with Crippen LogP contribution in [0.15, 0.2) is 16.6 Å². The van der Waals surface area contributed by atoms with E-state index in [2.05, 4.69) is 33.8 Å². The first-order valence-electron chi connectivity index (χ1n) is 12.7. The number of allylic oxidation sites excluding steroid dienone is 1. The Hall–Kier alpha value is -0.630. The van der Waals surface area contributed by atoms with Crippen molar-refractivity contribution in [2.45, 2.75) is 98.0 Å². The summed E-state index contributed by atoms with van der Waals surface area (Å²) in [5.41, 5.74) is 4.05. The number of rotatable bonds is 2. The van der Waals surface area contributed by atoms with Gasteiger partial charge in [0.25, 0.3) is 0 Å². The third-order valence-electron chi connectivity index (χ3n) is 10.8. The van der Waals surface area contributed by atoms with Gasteiger partial charge in [-0.15, -0.1) is 0 Å². The molecule has 4 aliphatic carbocycles. The molecule has 0 aromatic carbocycles. The zero-order chi connectivity index (χ0) is 20.4. The molecule has 0 aromatic heterocycles. The summed E-state index contributed by atoms with van der Waals surface area (Å²) in [5.74, 6) is 4.94. The van der Waals surface area contributed by atoms with Crippen molar-refractivity contribution < 1.29 is 5.11 Å². The summed E-state index contributed by atoms with van der Waals surface area (Å²) in [7, 11) is 0. The van der Waals surface area contributed by atoms with E-state index in [4.69, 9.17) is 4.99 Å². The van der Waals surface area contributed by atoms with Gasteiger partial charge < -0.3 is 5.11 Å². The van der Waals surface area contributed by atoms with Crippen LogP contribution in [0, 0.1) is 46.3 Å². The van der Waals surface area contributed by atoms with Crippen LogP contribution in [-0.4, -0.2) is 23.5 Å². The largest absolute Gasteiger partial charge is 0.393 e. The molecule has 5 rings (SSSR count). The normalized spacial score (nSPS) is 50.7. The fraction of sp³-hybridized carbons (Fsp3) is 0.889. The van der Waals surface area contributed by atoms with Crippen LogP contribution in [0.3, 0.4) is 0 Å². The Morgan fingerprint density at radius 3 is 2.66 bits per heavy atom. The fourth-order valence-corrected chi connectivity index (χ4v) is 8.95. The first kappa shape index (κ1) is 20.3. The minimum atomic E-state index is -0.0876.